The molecule has 0 bridgehead atoms. The van der Waals surface area contributed by atoms with Gasteiger partial charge < -0.3 is 9.26 Å². The van der Waals surface area contributed by atoms with Gasteiger partial charge in [-0.25, -0.2) is 8.42 Å². The summed E-state index contributed by atoms with van der Waals surface area (Å²) >= 11 is 1.46. The molecule has 2 aromatic heterocycles. The van der Waals surface area contributed by atoms with E-state index in [1.54, 1.807) is 24.3 Å². The molecule has 2 heterocycles. The number of halogens is 3. The molecule has 0 saturated carbocycles. The second-order valence-corrected chi connectivity index (χ2v) is 9.08. The fourth-order valence-electron chi connectivity index (χ4n) is 2.79. The molecule has 1 N–H and O–H groups in total. The average Bonchev–Trinajstić information content (AvgIpc) is 3.40. The van der Waals surface area contributed by atoms with Crippen LogP contribution in [-0.4, -0.2) is 24.9 Å². The lowest BCUT2D eigenvalue weighted by molar-refractivity contribution is -0.274. The fraction of sp³-hybridized carbons (Fsp3) is 0.100. The summed E-state index contributed by atoms with van der Waals surface area (Å²) in [6.45, 7) is 0. The topological polar surface area (TPSA) is 94.3 Å². The van der Waals surface area contributed by atoms with E-state index in [2.05, 4.69) is 19.6 Å². The molecule has 2 aromatic carbocycles. The van der Waals surface area contributed by atoms with Crippen molar-refractivity contribution in [1.82, 2.24) is 10.1 Å². The van der Waals surface area contributed by atoms with Gasteiger partial charge in [0.15, 0.2) is 0 Å². The first-order chi connectivity index (χ1) is 15.2. The number of alkyl halides is 3. The number of sulfonamides is 1. The van der Waals surface area contributed by atoms with E-state index in [-0.39, 0.29) is 17.0 Å². The second kappa shape index (κ2) is 8.63. The van der Waals surface area contributed by atoms with Crippen molar-refractivity contribution in [2.24, 2.45) is 0 Å². The number of thiophene rings is 1. The molecule has 32 heavy (non-hydrogen) atoms. The monoisotopic (exact) mass is 481 g/mol. The third-order valence-corrected chi connectivity index (χ3v) is 6.43. The van der Waals surface area contributed by atoms with Crippen LogP contribution < -0.4 is 9.46 Å². The van der Waals surface area contributed by atoms with Gasteiger partial charge in [0.1, 0.15) is 5.75 Å². The van der Waals surface area contributed by atoms with E-state index in [1.165, 1.54) is 11.3 Å². The van der Waals surface area contributed by atoms with Crippen LogP contribution in [0.25, 0.3) is 10.7 Å². The summed E-state index contributed by atoms with van der Waals surface area (Å²) in [4.78, 5) is 4.95. The summed E-state index contributed by atoms with van der Waals surface area (Å²) in [7, 11) is -4.07. The third kappa shape index (κ3) is 5.26. The molecule has 0 radical (unpaired) electrons. The normalized spacial score (nSPS) is 12.0. The number of nitrogens with zero attached hydrogens (tertiary/aromatic N) is 2. The second-order valence-electron chi connectivity index (χ2n) is 6.45. The van der Waals surface area contributed by atoms with Gasteiger partial charge in [-0.05, 0) is 47.3 Å². The minimum absolute atomic E-state index is 0.176. The first kappa shape index (κ1) is 21.8. The molecule has 166 valence electrons. The van der Waals surface area contributed by atoms with Crippen LogP contribution in [0, 0.1) is 0 Å². The van der Waals surface area contributed by atoms with E-state index in [9.17, 15) is 21.6 Å². The summed E-state index contributed by atoms with van der Waals surface area (Å²) in [6.07, 6.45) is -4.69. The highest BCUT2D eigenvalue weighted by atomic mass is 32.2. The lowest BCUT2D eigenvalue weighted by atomic mass is 10.1. The molecule has 7 nitrogen and oxygen atoms in total. The maximum Gasteiger partial charge on any atom is 0.573 e. The number of aromatic nitrogens is 2. The third-order valence-electron chi connectivity index (χ3n) is 4.18. The molecule has 0 spiro atoms. The van der Waals surface area contributed by atoms with E-state index < -0.39 is 22.1 Å². The van der Waals surface area contributed by atoms with Crippen LogP contribution in [-0.2, 0) is 16.4 Å². The molecular weight excluding hydrogens is 467 g/mol. The molecule has 0 fully saturated rings. The summed E-state index contributed by atoms with van der Waals surface area (Å²) < 4.78 is 73.9. The molecule has 0 saturated heterocycles. The number of nitrogens with one attached hydrogen (secondary N) is 1. The zero-order chi connectivity index (χ0) is 22.8. The van der Waals surface area contributed by atoms with Crippen molar-refractivity contribution in [2.45, 2.75) is 17.7 Å². The predicted octanol–water partition coefficient (Wildman–Crippen LogP) is 5.09. The number of anilines is 1. The highest BCUT2D eigenvalue weighted by molar-refractivity contribution is 7.92. The summed E-state index contributed by atoms with van der Waals surface area (Å²) in [6, 6.07) is 14.3. The molecule has 0 atom stereocenters. The minimum atomic E-state index is -4.87. The maximum absolute atomic E-state index is 12.7. The smallest absolute Gasteiger partial charge is 0.406 e. The van der Waals surface area contributed by atoms with Crippen molar-refractivity contribution in [3.8, 4) is 16.5 Å². The molecule has 12 heteroatoms. The Morgan fingerprint density at radius 3 is 2.47 bits per heavy atom. The molecule has 0 amide bonds. The number of benzene rings is 2. The SMILES string of the molecule is O=S(=O)(Nc1ccccc1Cc1nc(-c2cccs2)no1)c1ccc(OC(F)(F)F)cc1. The van der Waals surface area contributed by atoms with Crippen LogP contribution in [0.1, 0.15) is 11.5 Å². The zero-order valence-electron chi connectivity index (χ0n) is 16.0. The largest absolute Gasteiger partial charge is 0.573 e. The van der Waals surface area contributed by atoms with Crippen molar-refractivity contribution in [2.75, 3.05) is 4.72 Å². The molecule has 0 unspecified atom stereocenters. The van der Waals surface area contributed by atoms with Gasteiger partial charge in [0.05, 0.1) is 21.9 Å². The average molecular weight is 481 g/mol. The van der Waals surface area contributed by atoms with Crippen LogP contribution in [0.15, 0.2) is 75.5 Å². The lowest BCUT2D eigenvalue weighted by Crippen LogP contribution is -2.17. The molecular formula is C20H14F3N3O4S2. The summed E-state index contributed by atoms with van der Waals surface area (Å²) in [5, 5.41) is 5.82. The Bertz CT molecular complexity index is 1300. The fourth-order valence-corrected chi connectivity index (χ4v) is 4.54. The van der Waals surface area contributed by atoms with Gasteiger partial charge in [0.2, 0.25) is 11.7 Å². The van der Waals surface area contributed by atoms with Crippen LogP contribution in [0.5, 0.6) is 5.75 Å². The Kier molecular flexibility index (Phi) is 5.89. The zero-order valence-corrected chi connectivity index (χ0v) is 17.7. The van der Waals surface area contributed by atoms with Crippen molar-refractivity contribution in [3.05, 3.63) is 77.5 Å². The first-order valence-corrected chi connectivity index (χ1v) is 11.4. The van der Waals surface area contributed by atoms with Crippen LogP contribution >= 0.6 is 11.3 Å². The highest BCUT2D eigenvalue weighted by Gasteiger charge is 2.31. The first-order valence-electron chi connectivity index (χ1n) is 9.03. The Labute approximate surface area is 184 Å². The van der Waals surface area contributed by atoms with Gasteiger partial charge in [0.25, 0.3) is 10.0 Å². The Balaban J connectivity index is 1.52. The van der Waals surface area contributed by atoms with E-state index in [0.29, 0.717) is 17.3 Å². The van der Waals surface area contributed by atoms with Crippen molar-refractivity contribution in [1.29, 1.82) is 0 Å². The van der Waals surface area contributed by atoms with E-state index in [4.69, 9.17) is 4.52 Å². The van der Waals surface area contributed by atoms with Crippen LogP contribution in [0.3, 0.4) is 0 Å². The summed E-state index contributed by atoms with van der Waals surface area (Å²) in [5.41, 5.74) is 0.855. The van der Waals surface area contributed by atoms with Crippen LogP contribution in [0.4, 0.5) is 18.9 Å². The van der Waals surface area contributed by atoms with E-state index in [1.807, 2.05) is 17.5 Å². The van der Waals surface area contributed by atoms with Gasteiger partial charge in [-0.3, -0.25) is 4.72 Å². The standard InChI is InChI=1S/C20H14F3N3O4S2/c21-20(22,23)29-14-7-9-15(10-8-14)32(27,28)26-16-5-2-1-4-13(16)12-18-24-19(25-30-18)17-6-3-11-31-17/h1-11,26H,12H2. The Morgan fingerprint density at radius 1 is 1.03 bits per heavy atom. The molecule has 0 aliphatic carbocycles. The minimum Gasteiger partial charge on any atom is -0.406 e. The van der Waals surface area contributed by atoms with Crippen molar-refractivity contribution < 1.29 is 30.8 Å². The number of para-hydroxylation sites is 1. The Hall–Kier alpha value is -3.38. The van der Waals surface area contributed by atoms with Gasteiger partial charge >= 0.3 is 6.36 Å². The number of rotatable bonds is 7. The van der Waals surface area contributed by atoms with Crippen LogP contribution in [0.2, 0.25) is 0 Å². The number of ether oxygens (including phenoxy) is 1. The molecule has 0 aliphatic rings. The maximum atomic E-state index is 12.7. The van der Waals surface area contributed by atoms with Gasteiger partial charge in [0, 0.05) is 0 Å². The quantitative estimate of drug-likeness (QED) is 0.395. The van der Waals surface area contributed by atoms with E-state index in [0.717, 1.165) is 29.1 Å². The predicted molar refractivity (Wildman–Crippen MR) is 111 cm³/mol. The molecule has 4 aromatic rings. The number of hydrogen-bond acceptors (Lipinski definition) is 7. The van der Waals surface area contributed by atoms with Crippen molar-refractivity contribution >= 4 is 27.0 Å². The van der Waals surface area contributed by atoms with Gasteiger partial charge in [-0.1, -0.05) is 29.4 Å². The van der Waals surface area contributed by atoms with Gasteiger partial charge in [-0.2, -0.15) is 4.98 Å². The van der Waals surface area contributed by atoms with Gasteiger partial charge in [-0.15, -0.1) is 24.5 Å². The summed E-state index contributed by atoms with van der Waals surface area (Å²) in [5.74, 6) is 0.220. The van der Waals surface area contributed by atoms with Crippen molar-refractivity contribution in [3.63, 3.8) is 0 Å². The molecule has 4 rings (SSSR count). The number of hydrogen-bond donors (Lipinski definition) is 1. The van der Waals surface area contributed by atoms with E-state index >= 15 is 0 Å². The lowest BCUT2D eigenvalue weighted by Gasteiger charge is -2.13. The Morgan fingerprint density at radius 2 is 1.78 bits per heavy atom. The molecule has 0 aliphatic heterocycles. The highest BCUT2D eigenvalue weighted by Crippen LogP contribution is 2.27.